The lowest BCUT2D eigenvalue weighted by Crippen LogP contribution is -1.99. The third kappa shape index (κ3) is 1.48. The topological polar surface area (TPSA) is 70.4 Å². The highest BCUT2D eigenvalue weighted by atomic mass is 35.5. The minimum Gasteiger partial charge on any atom is -0.506 e. The maximum absolute atomic E-state index is 10.4. The normalized spacial score (nSPS) is 9.83. The summed E-state index contributed by atoms with van der Waals surface area (Å²) in [6.07, 6.45) is 0. The number of rotatable bonds is 1. The molecule has 0 amide bonds. The number of hydrogen-bond acceptors (Lipinski definition) is 3. The van der Waals surface area contributed by atoms with Crippen LogP contribution < -0.4 is 0 Å². The van der Waals surface area contributed by atoms with Crippen LogP contribution in [-0.4, -0.2) is 21.2 Å². The Hall–Kier alpha value is -1.29. The van der Waals surface area contributed by atoms with Crippen molar-refractivity contribution in [3.05, 3.63) is 22.5 Å². The van der Waals surface area contributed by atoms with E-state index in [0.717, 1.165) is 6.07 Å². The van der Waals surface area contributed by atoms with Crippen LogP contribution in [0.5, 0.6) is 5.75 Å². The molecule has 5 heteroatoms. The Morgan fingerprint density at radius 3 is 2.75 bits per heavy atom. The zero-order chi connectivity index (χ0) is 9.30. The van der Waals surface area contributed by atoms with E-state index in [0.29, 0.717) is 5.69 Å². The van der Waals surface area contributed by atoms with Crippen LogP contribution in [0.15, 0.2) is 6.07 Å². The largest absolute Gasteiger partial charge is 0.506 e. The number of halogens is 1. The smallest absolute Gasteiger partial charge is 0.338 e. The van der Waals surface area contributed by atoms with Gasteiger partial charge in [-0.15, -0.1) is 0 Å². The van der Waals surface area contributed by atoms with Gasteiger partial charge in [-0.1, -0.05) is 11.6 Å². The number of aromatic carboxylic acids is 1. The average Bonchev–Trinajstić information content (AvgIpc) is 1.96. The first-order chi connectivity index (χ1) is 5.52. The monoisotopic (exact) mass is 187 g/mol. The van der Waals surface area contributed by atoms with E-state index >= 15 is 0 Å². The van der Waals surface area contributed by atoms with Gasteiger partial charge in [-0.3, -0.25) is 0 Å². The Balaban J connectivity index is 3.33. The molecule has 0 atom stereocenters. The molecule has 0 radical (unpaired) electrons. The van der Waals surface area contributed by atoms with Crippen molar-refractivity contribution in [2.75, 3.05) is 0 Å². The second-order valence-electron chi connectivity index (χ2n) is 2.24. The van der Waals surface area contributed by atoms with Gasteiger partial charge in [0.1, 0.15) is 16.5 Å². The molecule has 64 valence electrons. The standard InChI is InChI=1S/C7H6ClNO3/c1-3-5(10)2-4(7(11)12)6(8)9-3/h2,10H,1H3,(H,11,12). The molecule has 12 heavy (non-hydrogen) atoms. The molecule has 1 heterocycles. The summed E-state index contributed by atoms with van der Waals surface area (Å²) < 4.78 is 0. The zero-order valence-corrected chi connectivity index (χ0v) is 6.96. The summed E-state index contributed by atoms with van der Waals surface area (Å²) in [6, 6.07) is 1.08. The minimum absolute atomic E-state index is 0.113. The van der Waals surface area contributed by atoms with Crippen molar-refractivity contribution < 1.29 is 15.0 Å². The maximum atomic E-state index is 10.4. The molecule has 4 nitrogen and oxygen atoms in total. The number of carbonyl (C=O) groups is 1. The number of nitrogens with zero attached hydrogens (tertiary/aromatic N) is 1. The number of carboxylic acid groups (broad SMARTS) is 1. The second-order valence-corrected chi connectivity index (χ2v) is 2.59. The Morgan fingerprint density at radius 1 is 1.67 bits per heavy atom. The van der Waals surface area contributed by atoms with Crippen molar-refractivity contribution in [2.45, 2.75) is 6.92 Å². The molecule has 0 spiro atoms. The summed E-state index contributed by atoms with van der Waals surface area (Å²) >= 11 is 5.49. The summed E-state index contributed by atoms with van der Waals surface area (Å²) in [4.78, 5) is 14.1. The number of aromatic hydroxyl groups is 1. The van der Waals surface area contributed by atoms with Gasteiger partial charge in [0.2, 0.25) is 0 Å². The Labute approximate surface area is 73.4 Å². The highest BCUT2D eigenvalue weighted by Gasteiger charge is 2.12. The van der Waals surface area contributed by atoms with Crippen LogP contribution in [0, 0.1) is 6.92 Å². The van der Waals surface area contributed by atoms with Crippen molar-refractivity contribution in [1.82, 2.24) is 4.98 Å². The summed E-state index contributed by atoms with van der Waals surface area (Å²) in [5, 5.41) is 17.5. The van der Waals surface area contributed by atoms with Gasteiger partial charge in [-0.25, -0.2) is 9.78 Å². The van der Waals surface area contributed by atoms with Crippen LogP contribution in [0.4, 0.5) is 0 Å². The SMILES string of the molecule is Cc1nc(Cl)c(C(=O)O)cc1O. The van der Waals surface area contributed by atoms with Crippen molar-refractivity contribution in [3.63, 3.8) is 0 Å². The molecule has 1 rings (SSSR count). The van der Waals surface area contributed by atoms with Crippen LogP contribution in [0.2, 0.25) is 5.15 Å². The molecule has 0 saturated carbocycles. The van der Waals surface area contributed by atoms with Crippen LogP contribution in [0.3, 0.4) is 0 Å². The van der Waals surface area contributed by atoms with Gasteiger partial charge in [-0.2, -0.15) is 0 Å². The Bertz CT molecular complexity index is 338. The van der Waals surface area contributed by atoms with Gasteiger partial charge < -0.3 is 10.2 Å². The molecule has 0 aliphatic heterocycles. The summed E-state index contributed by atoms with van der Waals surface area (Å²) in [6.45, 7) is 1.53. The lowest BCUT2D eigenvalue weighted by Gasteiger charge is -2.01. The molecule has 0 saturated heterocycles. The zero-order valence-electron chi connectivity index (χ0n) is 6.21. The van der Waals surface area contributed by atoms with Crippen LogP contribution in [0.1, 0.15) is 16.1 Å². The van der Waals surface area contributed by atoms with E-state index in [-0.39, 0.29) is 16.5 Å². The Morgan fingerprint density at radius 2 is 2.25 bits per heavy atom. The summed E-state index contributed by atoms with van der Waals surface area (Å²) in [5.41, 5.74) is 0.116. The molecular weight excluding hydrogens is 182 g/mol. The number of carboxylic acids is 1. The lowest BCUT2D eigenvalue weighted by molar-refractivity contribution is 0.0696. The van der Waals surface area contributed by atoms with Gasteiger partial charge in [0.05, 0.1) is 5.69 Å². The van der Waals surface area contributed by atoms with Gasteiger partial charge >= 0.3 is 5.97 Å². The first-order valence-electron chi connectivity index (χ1n) is 3.11. The number of pyridine rings is 1. The van der Waals surface area contributed by atoms with Crippen molar-refractivity contribution in [1.29, 1.82) is 0 Å². The van der Waals surface area contributed by atoms with Gasteiger partial charge in [0, 0.05) is 0 Å². The number of aromatic nitrogens is 1. The van der Waals surface area contributed by atoms with E-state index in [2.05, 4.69) is 4.98 Å². The number of aryl methyl sites for hydroxylation is 1. The first-order valence-corrected chi connectivity index (χ1v) is 3.49. The van der Waals surface area contributed by atoms with Crippen LogP contribution in [-0.2, 0) is 0 Å². The maximum Gasteiger partial charge on any atom is 0.338 e. The summed E-state index contributed by atoms with van der Waals surface area (Å²) in [7, 11) is 0. The molecule has 0 aliphatic carbocycles. The van der Waals surface area contributed by atoms with E-state index in [1.54, 1.807) is 0 Å². The number of hydrogen-bond donors (Lipinski definition) is 2. The highest BCUT2D eigenvalue weighted by Crippen LogP contribution is 2.21. The lowest BCUT2D eigenvalue weighted by atomic mass is 10.2. The van der Waals surface area contributed by atoms with E-state index in [1.807, 2.05) is 0 Å². The van der Waals surface area contributed by atoms with E-state index in [9.17, 15) is 4.79 Å². The molecule has 0 unspecified atom stereocenters. The molecule has 0 fully saturated rings. The fraction of sp³-hybridized carbons (Fsp3) is 0.143. The quantitative estimate of drug-likeness (QED) is 0.653. The fourth-order valence-corrected chi connectivity index (χ4v) is 0.978. The molecule has 2 N–H and O–H groups in total. The molecule has 0 bridgehead atoms. The van der Waals surface area contributed by atoms with Crippen LogP contribution in [0.25, 0.3) is 0 Å². The predicted molar refractivity (Wildman–Crippen MR) is 42.6 cm³/mol. The average molecular weight is 188 g/mol. The second kappa shape index (κ2) is 2.98. The molecule has 1 aromatic rings. The Kier molecular flexibility index (Phi) is 2.19. The molecular formula is C7H6ClNO3. The first kappa shape index (κ1) is 8.80. The molecule has 1 aromatic heterocycles. The molecule has 0 aromatic carbocycles. The van der Waals surface area contributed by atoms with E-state index < -0.39 is 5.97 Å². The third-order valence-corrected chi connectivity index (χ3v) is 1.66. The predicted octanol–water partition coefficient (Wildman–Crippen LogP) is 1.45. The third-order valence-electron chi connectivity index (χ3n) is 1.37. The van der Waals surface area contributed by atoms with Gasteiger partial charge in [0.25, 0.3) is 0 Å². The van der Waals surface area contributed by atoms with E-state index in [4.69, 9.17) is 21.8 Å². The minimum atomic E-state index is -1.21. The molecule has 0 aliphatic rings. The van der Waals surface area contributed by atoms with Crippen molar-refractivity contribution >= 4 is 17.6 Å². The fourth-order valence-electron chi connectivity index (χ4n) is 0.715. The van der Waals surface area contributed by atoms with E-state index in [1.165, 1.54) is 6.92 Å². The highest BCUT2D eigenvalue weighted by molar-refractivity contribution is 6.32. The van der Waals surface area contributed by atoms with Gasteiger partial charge in [0.15, 0.2) is 0 Å². The van der Waals surface area contributed by atoms with Gasteiger partial charge in [-0.05, 0) is 13.0 Å². The van der Waals surface area contributed by atoms with Crippen molar-refractivity contribution in [3.8, 4) is 5.75 Å². The van der Waals surface area contributed by atoms with Crippen LogP contribution >= 0.6 is 11.6 Å². The summed E-state index contributed by atoms with van der Waals surface area (Å²) in [5.74, 6) is -1.38. The van der Waals surface area contributed by atoms with Crippen molar-refractivity contribution in [2.24, 2.45) is 0 Å².